The fourth-order valence-corrected chi connectivity index (χ4v) is 2.78. The number of hydrogen-bond donors (Lipinski definition) is 2. The van der Waals surface area contributed by atoms with Gasteiger partial charge in [0.05, 0.1) is 5.52 Å². The molecule has 5 nitrogen and oxygen atoms in total. The largest absolute Gasteiger partial charge is 0.371 e. The summed E-state index contributed by atoms with van der Waals surface area (Å²) < 4.78 is 0. The average molecular weight is 283 g/mol. The summed E-state index contributed by atoms with van der Waals surface area (Å²) in [5.41, 5.74) is 13.1. The summed E-state index contributed by atoms with van der Waals surface area (Å²) in [4.78, 5) is 17.8. The van der Waals surface area contributed by atoms with Gasteiger partial charge in [-0.3, -0.25) is 4.79 Å². The molecule has 0 atom stereocenters. The molecule has 21 heavy (non-hydrogen) atoms. The van der Waals surface area contributed by atoms with Crippen molar-refractivity contribution >= 4 is 22.5 Å². The van der Waals surface area contributed by atoms with Crippen LogP contribution in [-0.2, 0) is 0 Å². The maximum atomic E-state index is 11.2. The number of rotatable bonds is 3. The van der Waals surface area contributed by atoms with Crippen LogP contribution in [0.15, 0.2) is 24.3 Å². The molecule has 0 spiro atoms. The lowest BCUT2D eigenvalue weighted by molar-refractivity contribution is 0.0996. The smallest absolute Gasteiger partial charge is 0.267 e. The van der Waals surface area contributed by atoms with Crippen LogP contribution in [0.5, 0.6) is 0 Å². The summed E-state index contributed by atoms with van der Waals surface area (Å²) in [7, 11) is 0. The molecule has 1 aliphatic rings. The SMILES string of the molecule is NCC1CCN(c2[c]cc3ccc(C(N)=O)nc3c2)CC1. The lowest BCUT2D eigenvalue weighted by Gasteiger charge is -2.33. The second-order valence-electron chi connectivity index (χ2n) is 5.52. The molecule has 1 aromatic carbocycles. The van der Waals surface area contributed by atoms with Crippen LogP contribution >= 0.6 is 0 Å². The van der Waals surface area contributed by atoms with Crippen molar-refractivity contribution in [3.63, 3.8) is 0 Å². The highest BCUT2D eigenvalue weighted by molar-refractivity contribution is 5.94. The first-order valence-corrected chi connectivity index (χ1v) is 7.24. The third-order valence-electron chi connectivity index (χ3n) is 4.15. The van der Waals surface area contributed by atoms with Gasteiger partial charge < -0.3 is 16.4 Å². The van der Waals surface area contributed by atoms with Gasteiger partial charge in [-0.2, -0.15) is 0 Å². The number of anilines is 1. The van der Waals surface area contributed by atoms with Crippen molar-refractivity contribution in [2.75, 3.05) is 24.5 Å². The van der Waals surface area contributed by atoms with Crippen LogP contribution in [0.25, 0.3) is 10.9 Å². The predicted molar refractivity (Wildman–Crippen MR) is 83.1 cm³/mol. The van der Waals surface area contributed by atoms with E-state index in [9.17, 15) is 4.79 Å². The quantitative estimate of drug-likeness (QED) is 0.889. The molecule has 1 aromatic heterocycles. The molecular formula is C16H19N4O. The van der Waals surface area contributed by atoms with E-state index >= 15 is 0 Å². The van der Waals surface area contributed by atoms with Crippen molar-refractivity contribution in [1.82, 2.24) is 4.98 Å². The lowest BCUT2D eigenvalue weighted by atomic mass is 9.96. The van der Waals surface area contributed by atoms with E-state index in [0.29, 0.717) is 11.6 Å². The van der Waals surface area contributed by atoms with E-state index in [1.807, 2.05) is 18.2 Å². The lowest BCUT2D eigenvalue weighted by Crippen LogP contribution is -2.36. The van der Waals surface area contributed by atoms with Gasteiger partial charge in [-0.15, -0.1) is 0 Å². The number of benzene rings is 1. The van der Waals surface area contributed by atoms with Crippen molar-refractivity contribution < 1.29 is 4.79 Å². The molecule has 0 unspecified atom stereocenters. The minimum Gasteiger partial charge on any atom is -0.371 e. The van der Waals surface area contributed by atoms with Gasteiger partial charge in [-0.05, 0) is 43.5 Å². The Balaban J connectivity index is 1.88. The predicted octanol–water partition coefficient (Wildman–Crippen LogP) is 1.31. The molecule has 3 rings (SSSR count). The van der Waals surface area contributed by atoms with Crippen molar-refractivity contribution in [3.8, 4) is 0 Å². The third-order valence-corrected chi connectivity index (χ3v) is 4.15. The summed E-state index contributed by atoms with van der Waals surface area (Å²) >= 11 is 0. The second kappa shape index (κ2) is 5.69. The number of aromatic nitrogens is 1. The van der Waals surface area contributed by atoms with E-state index in [4.69, 9.17) is 11.5 Å². The molecule has 0 bridgehead atoms. The van der Waals surface area contributed by atoms with Crippen molar-refractivity contribution in [2.24, 2.45) is 17.4 Å². The summed E-state index contributed by atoms with van der Waals surface area (Å²) in [6.45, 7) is 2.73. The number of pyridine rings is 1. The molecule has 1 saturated heterocycles. The van der Waals surface area contributed by atoms with Crippen LogP contribution < -0.4 is 16.4 Å². The van der Waals surface area contributed by atoms with Crippen molar-refractivity contribution in [2.45, 2.75) is 12.8 Å². The zero-order valence-electron chi connectivity index (χ0n) is 11.9. The van der Waals surface area contributed by atoms with Crippen LogP contribution in [0.2, 0.25) is 0 Å². The average Bonchev–Trinajstić information content (AvgIpc) is 2.54. The summed E-state index contributed by atoms with van der Waals surface area (Å²) in [6.07, 6.45) is 2.22. The van der Waals surface area contributed by atoms with Crippen molar-refractivity contribution in [3.05, 3.63) is 36.0 Å². The maximum Gasteiger partial charge on any atom is 0.267 e. The van der Waals surface area contributed by atoms with Gasteiger partial charge in [-0.1, -0.05) is 6.07 Å². The van der Waals surface area contributed by atoms with E-state index in [2.05, 4.69) is 16.0 Å². The number of nitrogens with zero attached hydrogens (tertiary/aromatic N) is 2. The number of carbonyl (C=O) groups excluding carboxylic acids is 1. The summed E-state index contributed by atoms with van der Waals surface area (Å²) in [5, 5.41) is 0.959. The molecular weight excluding hydrogens is 264 g/mol. The van der Waals surface area contributed by atoms with E-state index < -0.39 is 5.91 Å². The molecule has 2 aromatic rings. The normalized spacial score (nSPS) is 16.3. The van der Waals surface area contributed by atoms with Crippen LogP contribution in [0, 0.1) is 12.0 Å². The van der Waals surface area contributed by atoms with Gasteiger partial charge >= 0.3 is 0 Å². The van der Waals surface area contributed by atoms with Gasteiger partial charge in [0.2, 0.25) is 0 Å². The Bertz CT molecular complexity index is 662. The molecule has 1 fully saturated rings. The number of fused-ring (bicyclic) bond motifs is 1. The molecule has 1 radical (unpaired) electrons. The zero-order valence-corrected chi connectivity index (χ0v) is 11.9. The van der Waals surface area contributed by atoms with E-state index in [-0.39, 0.29) is 0 Å². The first-order chi connectivity index (χ1) is 10.2. The van der Waals surface area contributed by atoms with Crippen molar-refractivity contribution in [1.29, 1.82) is 0 Å². The minimum absolute atomic E-state index is 0.293. The van der Waals surface area contributed by atoms with Crippen LogP contribution in [-0.4, -0.2) is 30.5 Å². The Morgan fingerprint density at radius 1 is 1.38 bits per heavy atom. The first-order valence-electron chi connectivity index (χ1n) is 7.24. The van der Waals surface area contributed by atoms with Crippen LogP contribution in [0.1, 0.15) is 23.3 Å². The number of hydrogen-bond acceptors (Lipinski definition) is 4. The first kappa shape index (κ1) is 13.8. The highest BCUT2D eigenvalue weighted by Gasteiger charge is 2.18. The fraction of sp³-hybridized carbons (Fsp3) is 0.375. The van der Waals surface area contributed by atoms with Gasteiger partial charge in [0, 0.05) is 30.2 Å². The number of amides is 1. The maximum absolute atomic E-state index is 11.2. The van der Waals surface area contributed by atoms with E-state index in [0.717, 1.165) is 49.1 Å². The number of carbonyl (C=O) groups is 1. The Kier molecular flexibility index (Phi) is 3.75. The Labute approximate surface area is 123 Å². The minimum atomic E-state index is -0.505. The Morgan fingerprint density at radius 3 is 2.81 bits per heavy atom. The molecule has 1 amide bonds. The second-order valence-corrected chi connectivity index (χ2v) is 5.52. The molecule has 1 aliphatic heterocycles. The van der Waals surface area contributed by atoms with E-state index in [1.165, 1.54) is 0 Å². The van der Waals surface area contributed by atoms with Gasteiger partial charge in [0.1, 0.15) is 5.69 Å². The van der Waals surface area contributed by atoms with Gasteiger partial charge in [-0.25, -0.2) is 4.98 Å². The van der Waals surface area contributed by atoms with Crippen LogP contribution in [0.4, 0.5) is 5.69 Å². The molecule has 4 N–H and O–H groups in total. The molecule has 5 heteroatoms. The fourth-order valence-electron chi connectivity index (χ4n) is 2.78. The standard InChI is InChI=1S/C16H19N4O/c17-10-11-5-7-20(8-6-11)13-3-1-12-2-4-14(16(18)21)19-15(12)9-13/h1-2,4,9,11H,5-8,10,17H2,(H2,18,21). The monoisotopic (exact) mass is 283 g/mol. The zero-order chi connectivity index (χ0) is 14.8. The summed E-state index contributed by atoms with van der Waals surface area (Å²) in [6, 6.07) is 10.7. The Hall–Kier alpha value is -2.14. The molecule has 109 valence electrons. The van der Waals surface area contributed by atoms with Crippen LogP contribution in [0.3, 0.4) is 0 Å². The van der Waals surface area contributed by atoms with Gasteiger partial charge in [0.15, 0.2) is 0 Å². The topological polar surface area (TPSA) is 85.2 Å². The highest BCUT2D eigenvalue weighted by Crippen LogP contribution is 2.25. The molecule has 0 aliphatic carbocycles. The molecule has 2 heterocycles. The highest BCUT2D eigenvalue weighted by atomic mass is 16.1. The van der Waals surface area contributed by atoms with Gasteiger partial charge in [0.25, 0.3) is 5.91 Å². The Morgan fingerprint density at radius 2 is 2.14 bits per heavy atom. The third kappa shape index (κ3) is 2.83. The number of piperidine rings is 1. The van der Waals surface area contributed by atoms with E-state index in [1.54, 1.807) is 6.07 Å². The number of primary amides is 1. The summed E-state index contributed by atoms with van der Waals surface area (Å²) in [5.74, 6) is 0.122. The number of nitrogens with two attached hydrogens (primary N) is 2. The molecule has 0 saturated carbocycles.